The van der Waals surface area contributed by atoms with Gasteiger partial charge in [0, 0.05) is 11.3 Å². The van der Waals surface area contributed by atoms with Crippen LogP contribution in [0.5, 0.6) is 0 Å². The van der Waals surface area contributed by atoms with E-state index in [9.17, 15) is 0 Å². The summed E-state index contributed by atoms with van der Waals surface area (Å²) < 4.78 is 0. The molecule has 0 atom stereocenters. The Bertz CT molecular complexity index is 438. The van der Waals surface area contributed by atoms with Gasteiger partial charge in [0.1, 0.15) is 0 Å². The van der Waals surface area contributed by atoms with Crippen molar-refractivity contribution in [2.75, 3.05) is 5.73 Å². The fourth-order valence-electron chi connectivity index (χ4n) is 1.90. The first-order valence-corrected chi connectivity index (χ1v) is 5.20. The van der Waals surface area contributed by atoms with Crippen molar-refractivity contribution >= 4 is 11.3 Å². The fourth-order valence-corrected chi connectivity index (χ4v) is 1.90. The lowest BCUT2D eigenvalue weighted by atomic mass is 9.91. The molecule has 0 radical (unpaired) electrons. The van der Waals surface area contributed by atoms with E-state index in [0.29, 0.717) is 0 Å². The maximum atomic E-state index is 5.97. The van der Waals surface area contributed by atoms with E-state index in [1.54, 1.807) is 0 Å². The molecule has 0 heterocycles. The van der Waals surface area contributed by atoms with Crippen molar-refractivity contribution < 1.29 is 0 Å². The number of para-hydroxylation sites is 1. The lowest BCUT2D eigenvalue weighted by molar-refractivity contribution is 0.997. The molecule has 0 aliphatic heterocycles. The van der Waals surface area contributed by atoms with Gasteiger partial charge in [0.2, 0.25) is 0 Å². The predicted molar refractivity (Wildman–Crippen MR) is 66.3 cm³/mol. The summed E-state index contributed by atoms with van der Waals surface area (Å²) in [5.74, 6) is 0. The Hall–Kier alpha value is -1.76. The number of anilines is 1. The van der Waals surface area contributed by atoms with Crippen molar-refractivity contribution in [3.8, 4) is 0 Å². The van der Waals surface area contributed by atoms with E-state index in [-0.39, 0.29) is 0 Å². The molecule has 1 aliphatic carbocycles. The minimum Gasteiger partial charge on any atom is -0.398 e. The van der Waals surface area contributed by atoms with Crippen molar-refractivity contribution in [1.82, 2.24) is 0 Å². The van der Waals surface area contributed by atoms with Crippen LogP contribution in [0.4, 0.5) is 5.69 Å². The molecule has 0 fully saturated rings. The summed E-state index contributed by atoms with van der Waals surface area (Å²) in [6.45, 7) is 3.86. The molecule has 0 saturated carbocycles. The molecule has 2 N–H and O–H groups in total. The van der Waals surface area contributed by atoms with Crippen molar-refractivity contribution in [2.24, 2.45) is 0 Å². The van der Waals surface area contributed by atoms with Gasteiger partial charge in [-0.1, -0.05) is 43.0 Å². The first kappa shape index (κ1) is 9.78. The molecule has 1 aromatic carbocycles. The summed E-state index contributed by atoms with van der Waals surface area (Å²) in [4.78, 5) is 0. The van der Waals surface area contributed by atoms with Crippen molar-refractivity contribution in [3.05, 3.63) is 60.2 Å². The standard InChI is InChI=1S/C14H15N/c1-2-11-7-3-4-8-12(11)13-9-5-6-10-14(13)15/h2,4-6,8-10H,1,3,7,15H2. The second kappa shape index (κ2) is 4.18. The average molecular weight is 197 g/mol. The molecule has 2 rings (SSSR count). The predicted octanol–water partition coefficient (Wildman–Crippen LogP) is 3.56. The molecule has 1 nitrogen and oxygen atoms in total. The van der Waals surface area contributed by atoms with Crippen molar-refractivity contribution in [1.29, 1.82) is 0 Å². The Kier molecular flexibility index (Phi) is 2.72. The Morgan fingerprint density at radius 3 is 2.80 bits per heavy atom. The third-order valence-electron chi connectivity index (χ3n) is 2.71. The quantitative estimate of drug-likeness (QED) is 0.721. The molecule has 0 bridgehead atoms. The normalized spacial score (nSPS) is 15.5. The Morgan fingerprint density at radius 2 is 2.07 bits per heavy atom. The minimum atomic E-state index is 0.832. The maximum Gasteiger partial charge on any atom is 0.0393 e. The largest absolute Gasteiger partial charge is 0.398 e. The molecule has 0 aromatic heterocycles. The van der Waals surface area contributed by atoms with Gasteiger partial charge in [-0.3, -0.25) is 0 Å². The second-order valence-corrected chi connectivity index (χ2v) is 3.67. The zero-order valence-electron chi connectivity index (χ0n) is 8.74. The van der Waals surface area contributed by atoms with Gasteiger partial charge in [0.05, 0.1) is 0 Å². The van der Waals surface area contributed by atoms with E-state index in [0.717, 1.165) is 24.1 Å². The Morgan fingerprint density at radius 1 is 1.27 bits per heavy atom. The van der Waals surface area contributed by atoms with E-state index in [1.807, 2.05) is 24.3 Å². The highest BCUT2D eigenvalue weighted by Crippen LogP contribution is 2.31. The third kappa shape index (κ3) is 1.86. The van der Waals surface area contributed by atoms with Crippen LogP contribution in [0.15, 0.2) is 54.6 Å². The molecule has 76 valence electrons. The van der Waals surface area contributed by atoms with Gasteiger partial charge in [0.25, 0.3) is 0 Å². The molecule has 1 heteroatoms. The van der Waals surface area contributed by atoms with E-state index < -0.39 is 0 Å². The lowest BCUT2D eigenvalue weighted by Crippen LogP contribution is -1.97. The summed E-state index contributed by atoms with van der Waals surface area (Å²) in [5, 5.41) is 0. The maximum absolute atomic E-state index is 5.97. The van der Waals surface area contributed by atoms with Crippen LogP contribution in [0.2, 0.25) is 0 Å². The molecule has 1 aliphatic rings. The molecule has 0 spiro atoms. The first-order chi connectivity index (χ1) is 7.33. The van der Waals surface area contributed by atoms with Gasteiger partial charge in [-0.2, -0.15) is 0 Å². The highest BCUT2D eigenvalue weighted by molar-refractivity contribution is 5.84. The number of benzene rings is 1. The Balaban J connectivity index is 2.54. The van der Waals surface area contributed by atoms with Gasteiger partial charge in [-0.05, 0) is 30.1 Å². The Labute approximate surface area is 90.6 Å². The molecule has 15 heavy (non-hydrogen) atoms. The number of hydrogen-bond acceptors (Lipinski definition) is 1. The van der Waals surface area contributed by atoms with E-state index in [2.05, 4.69) is 24.8 Å². The summed E-state index contributed by atoms with van der Waals surface area (Å²) in [6, 6.07) is 7.97. The van der Waals surface area contributed by atoms with E-state index >= 15 is 0 Å². The summed E-state index contributed by atoms with van der Waals surface area (Å²) in [7, 11) is 0. The summed E-state index contributed by atoms with van der Waals surface area (Å²) in [6.07, 6.45) is 8.42. The highest BCUT2D eigenvalue weighted by Gasteiger charge is 2.09. The van der Waals surface area contributed by atoms with Gasteiger partial charge in [-0.25, -0.2) is 0 Å². The molecule has 0 amide bonds. The van der Waals surface area contributed by atoms with Gasteiger partial charge in [0.15, 0.2) is 0 Å². The molecule has 1 aromatic rings. The van der Waals surface area contributed by atoms with Gasteiger partial charge < -0.3 is 5.73 Å². The van der Waals surface area contributed by atoms with Crippen LogP contribution < -0.4 is 5.73 Å². The van der Waals surface area contributed by atoms with Crippen LogP contribution in [0.1, 0.15) is 18.4 Å². The fraction of sp³-hybridized carbons (Fsp3) is 0.143. The number of rotatable bonds is 2. The van der Waals surface area contributed by atoms with Crippen LogP contribution in [0.3, 0.4) is 0 Å². The SMILES string of the molecule is C=CC1=C(c2ccccc2N)C=CCC1. The van der Waals surface area contributed by atoms with Crippen LogP contribution in [0, 0.1) is 0 Å². The van der Waals surface area contributed by atoms with Crippen LogP contribution in [-0.4, -0.2) is 0 Å². The topological polar surface area (TPSA) is 26.0 Å². The van der Waals surface area contributed by atoms with Gasteiger partial charge >= 0.3 is 0 Å². The van der Waals surface area contributed by atoms with Crippen LogP contribution >= 0.6 is 0 Å². The molecular formula is C14H15N. The zero-order chi connectivity index (χ0) is 10.7. The van der Waals surface area contributed by atoms with E-state index in [1.165, 1.54) is 11.1 Å². The number of nitrogen functional groups attached to an aromatic ring is 1. The first-order valence-electron chi connectivity index (χ1n) is 5.20. The number of nitrogens with two attached hydrogens (primary N) is 1. The summed E-state index contributed by atoms with van der Waals surface area (Å²) in [5.41, 5.74) is 10.4. The zero-order valence-corrected chi connectivity index (χ0v) is 8.74. The lowest BCUT2D eigenvalue weighted by Gasteiger charge is -2.14. The third-order valence-corrected chi connectivity index (χ3v) is 2.71. The average Bonchev–Trinajstić information content (AvgIpc) is 2.30. The monoisotopic (exact) mass is 197 g/mol. The van der Waals surface area contributed by atoms with Crippen molar-refractivity contribution in [2.45, 2.75) is 12.8 Å². The minimum absolute atomic E-state index is 0.832. The highest BCUT2D eigenvalue weighted by atomic mass is 14.6. The smallest absolute Gasteiger partial charge is 0.0393 e. The molecular weight excluding hydrogens is 182 g/mol. The second-order valence-electron chi connectivity index (χ2n) is 3.67. The molecule has 0 unspecified atom stereocenters. The van der Waals surface area contributed by atoms with Crippen LogP contribution in [0.25, 0.3) is 5.57 Å². The van der Waals surface area contributed by atoms with Crippen molar-refractivity contribution in [3.63, 3.8) is 0 Å². The molecule has 0 saturated heterocycles. The van der Waals surface area contributed by atoms with Crippen LogP contribution in [-0.2, 0) is 0 Å². The summed E-state index contributed by atoms with van der Waals surface area (Å²) >= 11 is 0. The number of hydrogen-bond donors (Lipinski definition) is 1. The van der Waals surface area contributed by atoms with E-state index in [4.69, 9.17) is 5.73 Å². The number of allylic oxidation sites excluding steroid dienone is 5. The van der Waals surface area contributed by atoms with Gasteiger partial charge in [-0.15, -0.1) is 0 Å².